The Balaban J connectivity index is 2.26. The molecule has 4 heteroatoms. The molecule has 0 aliphatic rings. The summed E-state index contributed by atoms with van der Waals surface area (Å²) in [5.41, 5.74) is 8.55. The smallest absolute Gasteiger partial charge is 0.259 e. The summed E-state index contributed by atoms with van der Waals surface area (Å²) in [4.78, 5) is 12.3. The fourth-order valence-corrected chi connectivity index (χ4v) is 1.90. The predicted octanol–water partition coefficient (Wildman–Crippen LogP) is 3.23. The van der Waals surface area contributed by atoms with E-state index in [1.165, 1.54) is 0 Å². The number of hydrogen-bond acceptors (Lipinski definition) is 3. The van der Waals surface area contributed by atoms with Crippen LogP contribution in [0.15, 0.2) is 42.5 Å². The minimum Gasteiger partial charge on any atom is -0.493 e. The molecule has 0 unspecified atom stereocenters. The van der Waals surface area contributed by atoms with Crippen LogP contribution in [0.5, 0.6) is 5.75 Å². The molecule has 0 bridgehead atoms. The van der Waals surface area contributed by atoms with Crippen molar-refractivity contribution in [3.63, 3.8) is 0 Å². The summed E-state index contributed by atoms with van der Waals surface area (Å²) in [6.45, 7) is 4.34. The van der Waals surface area contributed by atoms with E-state index in [0.717, 1.165) is 5.56 Å². The Kier molecular flexibility index (Phi) is 4.25. The van der Waals surface area contributed by atoms with E-state index in [-0.39, 0.29) is 5.91 Å². The standard InChI is InChI=1S/C16H18N2O2/c1-3-20-15-7-5-4-6-12(15)16(19)18-14-10-11(2)8-9-13(14)17/h4-10H,3,17H2,1-2H3,(H,18,19). The van der Waals surface area contributed by atoms with E-state index in [1.54, 1.807) is 24.3 Å². The van der Waals surface area contributed by atoms with Crippen LogP contribution < -0.4 is 15.8 Å². The molecule has 1 amide bonds. The Morgan fingerprint density at radius 3 is 2.75 bits per heavy atom. The lowest BCUT2D eigenvalue weighted by Crippen LogP contribution is -2.14. The van der Waals surface area contributed by atoms with Gasteiger partial charge in [-0.2, -0.15) is 0 Å². The first-order valence-electron chi connectivity index (χ1n) is 6.51. The van der Waals surface area contributed by atoms with Crippen molar-refractivity contribution in [1.29, 1.82) is 0 Å². The number of carbonyl (C=O) groups excluding carboxylic acids is 1. The van der Waals surface area contributed by atoms with Crippen LogP contribution in [0.1, 0.15) is 22.8 Å². The molecule has 104 valence electrons. The molecule has 0 heterocycles. The second kappa shape index (κ2) is 6.10. The predicted molar refractivity (Wildman–Crippen MR) is 81.2 cm³/mol. The molecule has 0 aliphatic heterocycles. The minimum atomic E-state index is -0.230. The maximum atomic E-state index is 12.3. The average Bonchev–Trinajstić information content (AvgIpc) is 2.44. The number of ether oxygens (including phenoxy) is 1. The number of nitrogens with two attached hydrogens (primary N) is 1. The van der Waals surface area contributed by atoms with E-state index in [0.29, 0.717) is 29.3 Å². The number of anilines is 2. The van der Waals surface area contributed by atoms with Crippen molar-refractivity contribution in [2.45, 2.75) is 13.8 Å². The Morgan fingerprint density at radius 2 is 2.00 bits per heavy atom. The number of para-hydroxylation sites is 1. The first-order chi connectivity index (χ1) is 9.61. The van der Waals surface area contributed by atoms with Gasteiger partial charge in [-0.1, -0.05) is 18.2 Å². The molecule has 3 N–H and O–H groups in total. The fraction of sp³-hybridized carbons (Fsp3) is 0.188. The molecule has 0 saturated heterocycles. The van der Waals surface area contributed by atoms with Gasteiger partial charge in [-0.3, -0.25) is 4.79 Å². The molecular formula is C16H18N2O2. The largest absolute Gasteiger partial charge is 0.493 e. The monoisotopic (exact) mass is 270 g/mol. The molecule has 0 aliphatic carbocycles. The first-order valence-corrected chi connectivity index (χ1v) is 6.51. The SMILES string of the molecule is CCOc1ccccc1C(=O)Nc1cc(C)ccc1N. The second-order valence-electron chi connectivity index (χ2n) is 4.47. The summed E-state index contributed by atoms with van der Waals surface area (Å²) in [6, 6.07) is 12.7. The highest BCUT2D eigenvalue weighted by Crippen LogP contribution is 2.23. The number of aryl methyl sites for hydroxylation is 1. The van der Waals surface area contributed by atoms with Gasteiger partial charge in [0.15, 0.2) is 0 Å². The van der Waals surface area contributed by atoms with Gasteiger partial charge >= 0.3 is 0 Å². The van der Waals surface area contributed by atoms with Crippen molar-refractivity contribution in [3.05, 3.63) is 53.6 Å². The van der Waals surface area contributed by atoms with Gasteiger partial charge in [-0.05, 0) is 43.7 Å². The van der Waals surface area contributed by atoms with E-state index in [9.17, 15) is 4.79 Å². The summed E-state index contributed by atoms with van der Waals surface area (Å²) >= 11 is 0. The Bertz CT molecular complexity index is 624. The molecule has 2 aromatic rings. The van der Waals surface area contributed by atoms with Crippen LogP contribution in [0.4, 0.5) is 11.4 Å². The highest BCUT2D eigenvalue weighted by Gasteiger charge is 2.13. The number of nitrogens with one attached hydrogen (secondary N) is 1. The zero-order valence-corrected chi connectivity index (χ0v) is 11.6. The summed E-state index contributed by atoms with van der Waals surface area (Å²) in [7, 11) is 0. The second-order valence-corrected chi connectivity index (χ2v) is 4.47. The third-order valence-electron chi connectivity index (χ3n) is 2.89. The zero-order chi connectivity index (χ0) is 14.5. The molecule has 0 saturated carbocycles. The highest BCUT2D eigenvalue weighted by molar-refractivity contribution is 6.07. The van der Waals surface area contributed by atoms with Crippen molar-refractivity contribution < 1.29 is 9.53 Å². The number of rotatable bonds is 4. The van der Waals surface area contributed by atoms with Crippen molar-refractivity contribution in [1.82, 2.24) is 0 Å². The molecule has 0 aromatic heterocycles. The third kappa shape index (κ3) is 3.09. The summed E-state index contributed by atoms with van der Waals surface area (Å²) in [5.74, 6) is 0.338. The van der Waals surface area contributed by atoms with Crippen molar-refractivity contribution in [2.24, 2.45) is 0 Å². The van der Waals surface area contributed by atoms with E-state index in [2.05, 4.69) is 5.32 Å². The van der Waals surface area contributed by atoms with Gasteiger partial charge in [-0.15, -0.1) is 0 Å². The lowest BCUT2D eigenvalue weighted by Gasteiger charge is -2.12. The number of nitrogen functional groups attached to an aromatic ring is 1. The van der Waals surface area contributed by atoms with E-state index < -0.39 is 0 Å². The third-order valence-corrected chi connectivity index (χ3v) is 2.89. The average molecular weight is 270 g/mol. The minimum absolute atomic E-state index is 0.230. The summed E-state index contributed by atoms with van der Waals surface area (Å²) < 4.78 is 5.46. The molecule has 20 heavy (non-hydrogen) atoms. The first kappa shape index (κ1) is 13.9. The van der Waals surface area contributed by atoms with E-state index in [1.807, 2.05) is 32.0 Å². The molecule has 0 spiro atoms. The van der Waals surface area contributed by atoms with Gasteiger partial charge in [0.2, 0.25) is 0 Å². The number of carbonyl (C=O) groups is 1. The summed E-state index contributed by atoms with van der Waals surface area (Å²) in [6.07, 6.45) is 0. The molecule has 4 nitrogen and oxygen atoms in total. The zero-order valence-electron chi connectivity index (χ0n) is 11.6. The van der Waals surface area contributed by atoms with Gasteiger partial charge in [0.1, 0.15) is 5.75 Å². The van der Waals surface area contributed by atoms with Gasteiger partial charge in [-0.25, -0.2) is 0 Å². The Hall–Kier alpha value is -2.49. The van der Waals surface area contributed by atoms with Crippen LogP contribution in [0.2, 0.25) is 0 Å². The molecule has 0 fully saturated rings. The van der Waals surface area contributed by atoms with Gasteiger partial charge in [0.05, 0.1) is 23.5 Å². The fourth-order valence-electron chi connectivity index (χ4n) is 1.90. The Labute approximate surface area is 118 Å². The Morgan fingerprint density at radius 1 is 1.25 bits per heavy atom. The summed E-state index contributed by atoms with van der Waals surface area (Å²) in [5, 5.41) is 2.82. The van der Waals surface area contributed by atoms with E-state index >= 15 is 0 Å². The van der Waals surface area contributed by atoms with Crippen LogP contribution >= 0.6 is 0 Å². The highest BCUT2D eigenvalue weighted by atomic mass is 16.5. The van der Waals surface area contributed by atoms with Crippen molar-refractivity contribution >= 4 is 17.3 Å². The van der Waals surface area contributed by atoms with Gasteiger partial charge in [0, 0.05) is 0 Å². The molecule has 2 rings (SSSR count). The van der Waals surface area contributed by atoms with Crippen LogP contribution in [0, 0.1) is 6.92 Å². The van der Waals surface area contributed by atoms with Crippen molar-refractivity contribution in [2.75, 3.05) is 17.7 Å². The van der Waals surface area contributed by atoms with E-state index in [4.69, 9.17) is 10.5 Å². The topological polar surface area (TPSA) is 64.3 Å². The molecular weight excluding hydrogens is 252 g/mol. The van der Waals surface area contributed by atoms with Crippen molar-refractivity contribution in [3.8, 4) is 5.75 Å². The van der Waals surface area contributed by atoms with Gasteiger partial charge in [0.25, 0.3) is 5.91 Å². The van der Waals surface area contributed by atoms with Crippen LogP contribution in [-0.4, -0.2) is 12.5 Å². The quantitative estimate of drug-likeness (QED) is 0.838. The molecule has 0 atom stereocenters. The molecule has 2 aromatic carbocycles. The van der Waals surface area contributed by atoms with Crippen LogP contribution in [-0.2, 0) is 0 Å². The number of benzene rings is 2. The lowest BCUT2D eigenvalue weighted by atomic mass is 10.1. The maximum Gasteiger partial charge on any atom is 0.259 e. The molecule has 0 radical (unpaired) electrons. The van der Waals surface area contributed by atoms with Crippen LogP contribution in [0.25, 0.3) is 0 Å². The van der Waals surface area contributed by atoms with Crippen LogP contribution in [0.3, 0.4) is 0 Å². The normalized spacial score (nSPS) is 10.1. The number of hydrogen-bond donors (Lipinski definition) is 2. The maximum absolute atomic E-state index is 12.3. The number of amides is 1. The van der Waals surface area contributed by atoms with Gasteiger partial charge < -0.3 is 15.8 Å². The lowest BCUT2D eigenvalue weighted by molar-refractivity contribution is 0.102.